The molecule has 0 atom stereocenters. The molecule has 1 saturated carbocycles. The van der Waals surface area contributed by atoms with Crippen LogP contribution in [0.15, 0.2) is 47.5 Å². The first-order valence-corrected chi connectivity index (χ1v) is 11.6. The Labute approximate surface area is 192 Å². The third-order valence-electron chi connectivity index (χ3n) is 6.29. The Bertz CT molecular complexity index is 906. The van der Waals surface area contributed by atoms with Crippen LogP contribution in [0, 0.1) is 0 Å². The van der Waals surface area contributed by atoms with Crippen LogP contribution in [0.1, 0.15) is 43.7 Å². The molecule has 2 aromatic rings. The summed E-state index contributed by atoms with van der Waals surface area (Å²) in [6.07, 6.45) is 8.47. The molecule has 1 aromatic carbocycles. The van der Waals surface area contributed by atoms with Crippen LogP contribution in [-0.4, -0.2) is 55.8 Å². The van der Waals surface area contributed by atoms with E-state index in [1.807, 2.05) is 18.3 Å². The predicted molar refractivity (Wildman–Crippen MR) is 126 cm³/mol. The standard InChI is InChI=1S/C22H29N3O2S.2ClH/c1-24(2)28(26,27)21-9-6-17(7-10-21)19-8-11-22(23-16-19)18-12-14-25(15-13-18)20-4-3-5-20;;/h6-11,16,18,20H,3-5,12-15H2,1-2H3;2*1H. The second kappa shape index (κ2) is 10.4. The zero-order valence-electron chi connectivity index (χ0n) is 17.5. The van der Waals surface area contributed by atoms with Crippen molar-refractivity contribution in [3.05, 3.63) is 48.3 Å². The van der Waals surface area contributed by atoms with Gasteiger partial charge in [0.15, 0.2) is 0 Å². The molecule has 0 bridgehead atoms. The number of piperidine rings is 1. The number of likely N-dealkylation sites (tertiary alicyclic amines) is 1. The molecular formula is C22H31Cl2N3O2S. The molecule has 8 heteroatoms. The maximum absolute atomic E-state index is 12.2. The average molecular weight is 472 g/mol. The van der Waals surface area contributed by atoms with Crippen molar-refractivity contribution >= 4 is 34.8 Å². The Morgan fingerprint density at radius 3 is 1.97 bits per heavy atom. The maximum atomic E-state index is 12.2. The molecule has 1 aromatic heterocycles. The summed E-state index contributed by atoms with van der Waals surface area (Å²) in [5.74, 6) is 0.554. The van der Waals surface area contributed by atoms with Crippen LogP contribution in [-0.2, 0) is 10.0 Å². The van der Waals surface area contributed by atoms with Crippen LogP contribution in [0.2, 0.25) is 0 Å². The van der Waals surface area contributed by atoms with E-state index in [0.717, 1.165) is 17.2 Å². The van der Waals surface area contributed by atoms with Gasteiger partial charge in [0.25, 0.3) is 0 Å². The van der Waals surface area contributed by atoms with Crippen molar-refractivity contribution in [2.24, 2.45) is 0 Å². The number of nitrogens with zero attached hydrogens (tertiary/aromatic N) is 3. The molecule has 2 heterocycles. The highest BCUT2D eigenvalue weighted by Gasteiger charge is 2.29. The van der Waals surface area contributed by atoms with Crippen molar-refractivity contribution in [3.8, 4) is 11.1 Å². The molecule has 1 aliphatic carbocycles. The predicted octanol–water partition coefficient (Wildman–Crippen LogP) is 4.57. The third kappa shape index (κ3) is 5.17. The number of benzene rings is 1. The first kappa shape index (κ1) is 25.1. The second-order valence-electron chi connectivity index (χ2n) is 8.18. The fourth-order valence-electron chi connectivity index (χ4n) is 4.16. The molecule has 0 amide bonds. The van der Waals surface area contributed by atoms with E-state index in [2.05, 4.69) is 17.0 Å². The summed E-state index contributed by atoms with van der Waals surface area (Å²) in [6.45, 7) is 2.39. The Morgan fingerprint density at radius 2 is 1.50 bits per heavy atom. The van der Waals surface area contributed by atoms with Crippen LogP contribution in [0.5, 0.6) is 0 Å². The molecule has 1 saturated heterocycles. The van der Waals surface area contributed by atoms with Crippen LogP contribution in [0.3, 0.4) is 0 Å². The van der Waals surface area contributed by atoms with Gasteiger partial charge in [0.1, 0.15) is 0 Å². The molecule has 5 nitrogen and oxygen atoms in total. The number of hydrogen-bond acceptors (Lipinski definition) is 4. The molecule has 0 N–H and O–H groups in total. The lowest BCUT2D eigenvalue weighted by atomic mass is 9.86. The highest BCUT2D eigenvalue weighted by Crippen LogP contribution is 2.33. The monoisotopic (exact) mass is 471 g/mol. The van der Waals surface area contributed by atoms with Crippen molar-refractivity contribution < 1.29 is 8.42 Å². The summed E-state index contributed by atoms with van der Waals surface area (Å²) in [6, 6.07) is 12.1. The minimum absolute atomic E-state index is 0. The van der Waals surface area contributed by atoms with E-state index < -0.39 is 10.0 Å². The zero-order valence-corrected chi connectivity index (χ0v) is 20.0. The van der Waals surface area contributed by atoms with Crippen molar-refractivity contribution in [1.29, 1.82) is 0 Å². The van der Waals surface area contributed by atoms with Crippen LogP contribution < -0.4 is 0 Å². The van der Waals surface area contributed by atoms with Gasteiger partial charge in [0.05, 0.1) is 4.90 Å². The topological polar surface area (TPSA) is 53.5 Å². The largest absolute Gasteiger partial charge is 0.300 e. The molecule has 2 fully saturated rings. The zero-order chi connectivity index (χ0) is 19.7. The highest BCUT2D eigenvalue weighted by molar-refractivity contribution is 7.89. The Kier molecular flexibility index (Phi) is 8.71. The van der Waals surface area contributed by atoms with E-state index in [1.54, 1.807) is 26.2 Å². The fourth-order valence-corrected chi connectivity index (χ4v) is 5.06. The quantitative estimate of drug-likeness (QED) is 0.640. The maximum Gasteiger partial charge on any atom is 0.242 e. The van der Waals surface area contributed by atoms with Gasteiger partial charge < -0.3 is 4.90 Å². The summed E-state index contributed by atoms with van der Waals surface area (Å²) < 4.78 is 25.6. The minimum atomic E-state index is -3.39. The van der Waals surface area contributed by atoms with Crippen molar-refractivity contribution in [3.63, 3.8) is 0 Å². The number of sulfonamides is 1. The number of halogens is 2. The number of rotatable bonds is 5. The molecule has 2 aliphatic rings. The Balaban J connectivity index is 0.00000160. The van der Waals surface area contributed by atoms with Crippen molar-refractivity contribution in [2.45, 2.75) is 49.0 Å². The number of hydrogen-bond donors (Lipinski definition) is 0. The Morgan fingerprint density at radius 1 is 0.900 bits per heavy atom. The fraction of sp³-hybridized carbons (Fsp3) is 0.500. The normalized spacial score (nSPS) is 18.4. The van der Waals surface area contributed by atoms with E-state index in [1.165, 1.54) is 55.2 Å². The second-order valence-corrected chi connectivity index (χ2v) is 10.3. The third-order valence-corrected chi connectivity index (χ3v) is 8.12. The van der Waals surface area contributed by atoms with E-state index in [-0.39, 0.29) is 24.8 Å². The minimum Gasteiger partial charge on any atom is -0.300 e. The summed E-state index contributed by atoms with van der Waals surface area (Å²) in [5.41, 5.74) is 3.19. The van der Waals surface area contributed by atoms with Gasteiger partial charge in [0, 0.05) is 43.5 Å². The van der Waals surface area contributed by atoms with Crippen LogP contribution in [0.25, 0.3) is 11.1 Å². The molecule has 4 rings (SSSR count). The lowest BCUT2D eigenvalue weighted by Crippen LogP contribution is -2.44. The molecular weight excluding hydrogens is 441 g/mol. The number of pyridine rings is 1. The van der Waals surface area contributed by atoms with Gasteiger partial charge in [-0.25, -0.2) is 12.7 Å². The molecule has 0 unspecified atom stereocenters. The van der Waals surface area contributed by atoms with Crippen molar-refractivity contribution in [2.75, 3.05) is 27.2 Å². The SMILES string of the molecule is CN(C)S(=O)(=O)c1ccc(-c2ccc(C3CCN(C4CCC4)CC3)nc2)cc1.Cl.Cl. The first-order valence-electron chi connectivity index (χ1n) is 10.2. The molecule has 1 aliphatic heterocycles. The molecule has 166 valence electrons. The summed E-state index contributed by atoms with van der Waals surface area (Å²) >= 11 is 0. The summed E-state index contributed by atoms with van der Waals surface area (Å²) in [4.78, 5) is 7.71. The smallest absolute Gasteiger partial charge is 0.242 e. The van der Waals surface area contributed by atoms with E-state index >= 15 is 0 Å². The van der Waals surface area contributed by atoms with Gasteiger partial charge in [-0.05, 0) is 62.5 Å². The average Bonchev–Trinajstić information content (AvgIpc) is 2.67. The highest BCUT2D eigenvalue weighted by atomic mass is 35.5. The van der Waals surface area contributed by atoms with E-state index in [4.69, 9.17) is 4.98 Å². The van der Waals surface area contributed by atoms with Gasteiger partial charge in [-0.3, -0.25) is 4.98 Å². The van der Waals surface area contributed by atoms with Gasteiger partial charge in [-0.15, -0.1) is 24.8 Å². The lowest BCUT2D eigenvalue weighted by molar-refractivity contribution is 0.0970. The summed E-state index contributed by atoms with van der Waals surface area (Å²) in [7, 11) is -0.303. The van der Waals surface area contributed by atoms with Gasteiger partial charge in [0.2, 0.25) is 10.0 Å². The van der Waals surface area contributed by atoms with Crippen LogP contribution >= 0.6 is 24.8 Å². The molecule has 0 radical (unpaired) electrons. The first-order chi connectivity index (χ1) is 13.4. The van der Waals surface area contributed by atoms with Crippen molar-refractivity contribution in [1.82, 2.24) is 14.2 Å². The Hall–Kier alpha value is -1.18. The van der Waals surface area contributed by atoms with E-state index in [9.17, 15) is 8.42 Å². The number of aromatic nitrogens is 1. The molecule has 0 spiro atoms. The van der Waals surface area contributed by atoms with Crippen LogP contribution in [0.4, 0.5) is 0 Å². The lowest BCUT2D eigenvalue weighted by Gasteiger charge is -2.41. The van der Waals surface area contributed by atoms with Gasteiger partial charge in [-0.1, -0.05) is 24.6 Å². The van der Waals surface area contributed by atoms with E-state index in [0.29, 0.717) is 10.8 Å². The molecule has 30 heavy (non-hydrogen) atoms. The summed E-state index contributed by atoms with van der Waals surface area (Å²) in [5, 5.41) is 0. The van der Waals surface area contributed by atoms with Gasteiger partial charge in [-0.2, -0.15) is 0 Å². The van der Waals surface area contributed by atoms with Gasteiger partial charge >= 0.3 is 0 Å².